The Hall–Kier alpha value is -3.11. The number of hydrogen-bond acceptors (Lipinski definition) is 8. The summed E-state index contributed by atoms with van der Waals surface area (Å²) in [5, 5.41) is 16.9. The second kappa shape index (κ2) is 7.87. The number of aryl methyl sites for hydroxylation is 1. The fraction of sp³-hybridized carbons (Fsp3) is 0.389. The molecule has 3 heterocycles. The highest BCUT2D eigenvalue weighted by Gasteiger charge is 2.38. The van der Waals surface area contributed by atoms with Gasteiger partial charge in [0.2, 0.25) is 5.91 Å². The molecule has 148 valence electrons. The number of nitrogens with one attached hydrogen (secondary N) is 2. The molecule has 10 heteroatoms. The van der Waals surface area contributed by atoms with Crippen LogP contribution < -0.4 is 10.6 Å². The molecule has 0 unspecified atom stereocenters. The number of methoxy groups -OCH3 is 1. The van der Waals surface area contributed by atoms with Gasteiger partial charge in [0, 0.05) is 33.1 Å². The van der Waals surface area contributed by atoms with Crippen molar-refractivity contribution in [2.75, 3.05) is 31.0 Å². The third-order valence-corrected chi connectivity index (χ3v) is 4.46. The smallest absolute Gasteiger partial charge is 0.310 e. The minimum Gasteiger partial charge on any atom is -0.378 e. The summed E-state index contributed by atoms with van der Waals surface area (Å²) >= 11 is 0. The third-order valence-electron chi connectivity index (χ3n) is 4.46. The largest absolute Gasteiger partial charge is 0.378 e. The SMILES string of the molecule is CO[C@]1(c2cc(C)cc(Nc3cc(NC(C)=O)ncc3[N+](=O)[O-])n2)CCOC1. The standard InChI is InChI=1S/C18H21N5O5/c1-11-6-15(18(27-3)4-5-28-10-18)22-17(7-11)21-13-8-16(20-12(2)24)19-9-14(13)23(25)26/h6-9H,4-5,10H2,1-3H3,(H2,19,20,21,22,24)/t18-/m1/s1. The van der Waals surface area contributed by atoms with Crippen molar-refractivity contribution in [1.29, 1.82) is 0 Å². The van der Waals surface area contributed by atoms with E-state index in [0.717, 1.165) is 11.8 Å². The molecule has 1 fully saturated rings. The van der Waals surface area contributed by atoms with Crippen molar-refractivity contribution < 1.29 is 19.2 Å². The van der Waals surface area contributed by atoms with Crippen LogP contribution in [0.2, 0.25) is 0 Å². The number of anilines is 3. The number of rotatable bonds is 6. The van der Waals surface area contributed by atoms with Gasteiger partial charge in [-0.2, -0.15) is 0 Å². The van der Waals surface area contributed by atoms with Crippen LogP contribution in [0.5, 0.6) is 0 Å². The molecular weight excluding hydrogens is 366 g/mol. The number of pyridine rings is 2. The Balaban J connectivity index is 1.99. The molecule has 2 aromatic heterocycles. The Morgan fingerprint density at radius 2 is 2.14 bits per heavy atom. The van der Waals surface area contributed by atoms with E-state index in [2.05, 4.69) is 20.6 Å². The molecule has 2 N–H and O–H groups in total. The summed E-state index contributed by atoms with van der Waals surface area (Å²) < 4.78 is 11.2. The fourth-order valence-electron chi connectivity index (χ4n) is 3.06. The highest BCUT2D eigenvalue weighted by Crippen LogP contribution is 2.35. The summed E-state index contributed by atoms with van der Waals surface area (Å²) in [6.45, 7) is 4.20. The third kappa shape index (κ3) is 4.07. The van der Waals surface area contributed by atoms with E-state index < -0.39 is 10.5 Å². The molecule has 0 saturated carbocycles. The zero-order chi connectivity index (χ0) is 20.3. The molecule has 10 nitrogen and oxygen atoms in total. The first kappa shape index (κ1) is 19.6. The fourth-order valence-corrected chi connectivity index (χ4v) is 3.06. The van der Waals surface area contributed by atoms with Crippen molar-refractivity contribution in [3.63, 3.8) is 0 Å². The predicted octanol–water partition coefficient (Wildman–Crippen LogP) is 2.66. The highest BCUT2D eigenvalue weighted by atomic mass is 16.6. The lowest BCUT2D eigenvalue weighted by Crippen LogP contribution is -2.30. The number of carbonyl (C=O) groups is 1. The van der Waals surface area contributed by atoms with E-state index in [0.29, 0.717) is 31.1 Å². The number of nitro groups is 1. The lowest BCUT2D eigenvalue weighted by Gasteiger charge is -2.26. The zero-order valence-electron chi connectivity index (χ0n) is 15.8. The monoisotopic (exact) mass is 387 g/mol. The van der Waals surface area contributed by atoms with Crippen molar-refractivity contribution in [3.8, 4) is 0 Å². The number of aromatic nitrogens is 2. The van der Waals surface area contributed by atoms with Crippen LogP contribution in [0.15, 0.2) is 24.4 Å². The summed E-state index contributed by atoms with van der Waals surface area (Å²) in [5.74, 6) is 0.291. The number of ether oxygens (including phenoxy) is 2. The zero-order valence-corrected chi connectivity index (χ0v) is 15.8. The van der Waals surface area contributed by atoms with Gasteiger partial charge in [-0.15, -0.1) is 0 Å². The molecular formula is C18H21N5O5. The lowest BCUT2D eigenvalue weighted by atomic mass is 9.97. The number of carbonyl (C=O) groups excluding carboxylic acids is 1. The Labute approximate surface area is 161 Å². The van der Waals surface area contributed by atoms with Gasteiger partial charge in [0.05, 0.1) is 17.2 Å². The van der Waals surface area contributed by atoms with Crippen molar-refractivity contribution in [1.82, 2.24) is 9.97 Å². The molecule has 0 aromatic carbocycles. The van der Waals surface area contributed by atoms with Gasteiger partial charge in [-0.05, 0) is 24.6 Å². The Kier molecular flexibility index (Phi) is 5.52. The van der Waals surface area contributed by atoms with Crippen LogP contribution >= 0.6 is 0 Å². The predicted molar refractivity (Wildman–Crippen MR) is 102 cm³/mol. The van der Waals surface area contributed by atoms with Crippen molar-refractivity contribution >= 4 is 28.9 Å². The molecule has 1 amide bonds. The first-order valence-corrected chi connectivity index (χ1v) is 8.64. The van der Waals surface area contributed by atoms with E-state index in [1.54, 1.807) is 13.2 Å². The van der Waals surface area contributed by atoms with Crippen molar-refractivity contribution in [3.05, 3.63) is 45.8 Å². The first-order chi connectivity index (χ1) is 13.3. The van der Waals surface area contributed by atoms with Gasteiger partial charge in [-0.3, -0.25) is 14.9 Å². The van der Waals surface area contributed by atoms with Gasteiger partial charge < -0.3 is 20.1 Å². The second-order valence-corrected chi connectivity index (χ2v) is 6.57. The molecule has 28 heavy (non-hydrogen) atoms. The quantitative estimate of drug-likeness (QED) is 0.572. The Morgan fingerprint density at radius 1 is 1.36 bits per heavy atom. The van der Waals surface area contributed by atoms with Crippen LogP contribution in [0.4, 0.5) is 23.0 Å². The van der Waals surface area contributed by atoms with Gasteiger partial charge in [0.1, 0.15) is 29.1 Å². The summed E-state index contributed by atoms with van der Waals surface area (Å²) in [4.78, 5) is 30.6. The second-order valence-electron chi connectivity index (χ2n) is 6.57. The summed E-state index contributed by atoms with van der Waals surface area (Å²) in [5.41, 5.74) is 0.892. The Bertz CT molecular complexity index is 911. The minimum absolute atomic E-state index is 0.168. The molecule has 1 aliphatic heterocycles. The van der Waals surface area contributed by atoms with Gasteiger partial charge in [-0.1, -0.05) is 0 Å². The van der Waals surface area contributed by atoms with Gasteiger partial charge >= 0.3 is 5.69 Å². The number of hydrogen-bond donors (Lipinski definition) is 2. The normalized spacial score (nSPS) is 18.7. The average Bonchev–Trinajstić information content (AvgIpc) is 3.11. The molecule has 1 atom stereocenters. The molecule has 2 aromatic rings. The van der Waals surface area contributed by atoms with E-state index in [1.807, 2.05) is 13.0 Å². The van der Waals surface area contributed by atoms with Crippen LogP contribution in [0.1, 0.15) is 24.6 Å². The maximum absolute atomic E-state index is 11.4. The summed E-state index contributed by atoms with van der Waals surface area (Å²) in [6.07, 6.45) is 1.76. The van der Waals surface area contributed by atoms with Crippen LogP contribution in [0.25, 0.3) is 0 Å². The van der Waals surface area contributed by atoms with E-state index >= 15 is 0 Å². The molecule has 0 aliphatic carbocycles. The molecule has 0 spiro atoms. The molecule has 0 bridgehead atoms. The lowest BCUT2D eigenvalue weighted by molar-refractivity contribution is -0.384. The van der Waals surface area contributed by atoms with Crippen molar-refractivity contribution in [2.24, 2.45) is 0 Å². The van der Waals surface area contributed by atoms with Crippen molar-refractivity contribution in [2.45, 2.75) is 25.9 Å². The van der Waals surface area contributed by atoms with Crippen LogP contribution in [-0.4, -0.2) is 41.1 Å². The Morgan fingerprint density at radius 3 is 2.75 bits per heavy atom. The average molecular weight is 387 g/mol. The summed E-state index contributed by atoms with van der Waals surface area (Å²) in [7, 11) is 1.61. The van der Waals surface area contributed by atoms with Crippen LogP contribution in [0, 0.1) is 17.0 Å². The molecule has 1 aliphatic rings. The topological polar surface area (TPSA) is 129 Å². The van der Waals surface area contributed by atoms with Gasteiger partial charge in [-0.25, -0.2) is 9.97 Å². The minimum atomic E-state index is -0.645. The number of nitrogens with zero attached hydrogens (tertiary/aromatic N) is 3. The van der Waals surface area contributed by atoms with Gasteiger partial charge in [0.15, 0.2) is 0 Å². The maximum Gasteiger partial charge on any atom is 0.310 e. The molecule has 3 rings (SSSR count). The van der Waals surface area contributed by atoms with E-state index in [9.17, 15) is 14.9 Å². The maximum atomic E-state index is 11.4. The van der Waals surface area contributed by atoms with Crippen LogP contribution in [-0.2, 0) is 19.9 Å². The molecule has 0 radical (unpaired) electrons. The van der Waals surface area contributed by atoms with E-state index in [-0.39, 0.29) is 23.1 Å². The van der Waals surface area contributed by atoms with Gasteiger partial charge in [0.25, 0.3) is 0 Å². The van der Waals surface area contributed by atoms with Crippen LogP contribution in [0.3, 0.4) is 0 Å². The van der Waals surface area contributed by atoms with E-state index in [4.69, 9.17) is 9.47 Å². The number of amides is 1. The molecule has 1 saturated heterocycles. The summed E-state index contributed by atoms with van der Waals surface area (Å²) in [6, 6.07) is 5.08. The first-order valence-electron chi connectivity index (χ1n) is 8.64. The highest BCUT2D eigenvalue weighted by molar-refractivity contribution is 5.88. The van der Waals surface area contributed by atoms with E-state index in [1.165, 1.54) is 13.0 Å².